The van der Waals surface area contributed by atoms with Crippen molar-refractivity contribution in [1.82, 2.24) is 14.8 Å². The van der Waals surface area contributed by atoms with Crippen LogP contribution in [-0.4, -0.2) is 60.0 Å². The summed E-state index contributed by atoms with van der Waals surface area (Å²) >= 11 is 5.92. The quantitative estimate of drug-likeness (QED) is 0.739. The van der Waals surface area contributed by atoms with Crippen LogP contribution in [0.3, 0.4) is 0 Å². The molecule has 1 aromatic carbocycles. The molecule has 30 heavy (non-hydrogen) atoms. The van der Waals surface area contributed by atoms with E-state index in [1.165, 1.54) is 6.07 Å². The molecule has 2 aromatic rings. The van der Waals surface area contributed by atoms with E-state index >= 15 is 0 Å². The molecule has 0 bridgehead atoms. The highest BCUT2D eigenvalue weighted by molar-refractivity contribution is 6.30. The van der Waals surface area contributed by atoms with E-state index in [4.69, 9.17) is 11.6 Å². The van der Waals surface area contributed by atoms with Gasteiger partial charge in [-0.15, -0.1) is 0 Å². The van der Waals surface area contributed by atoms with Crippen LogP contribution in [0, 0.1) is 11.7 Å². The number of carbonyl (C=O) groups is 1. The molecule has 7 heteroatoms. The minimum atomic E-state index is -0.156. The van der Waals surface area contributed by atoms with E-state index < -0.39 is 0 Å². The van der Waals surface area contributed by atoms with Gasteiger partial charge in [0.25, 0.3) is 0 Å². The molecule has 0 atom stereocenters. The van der Waals surface area contributed by atoms with Crippen LogP contribution in [0.5, 0.6) is 0 Å². The molecule has 1 aromatic heterocycles. The second-order valence-corrected chi connectivity index (χ2v) is 8.58. The standard InChI is InChI=1S/C23H28ClFN4O/c24-20-6-7-22(26-16-20)28-12-8-18(9-13-28)23(30)29-11-3-10-27(14-15-29)17-19-4-1-2-5-21(19)25/h1-2,4-7,16,18H,3,8-15,17H2. The molecule has 0 radical (unpaired) electrons. The van der Waals surface area contributed by atoms with Gasteiger partial charge >= 0.3 is 0 Å². The Balaban J connectivity index is 1.28. The Kier molecular flexibility index (Phi) is 6.85. The third kappa shape index (κ3) is 5.10. The lowest BCUT2D eigenvalue weighted by Crippen LogP contribution is -2.44. The fourth-order valence-electron chi connectivity index (χ4n) is 4.39. The van der Waals surface area contributed by atoms with Crippen molar-refractivity contribution in [3.05, 3.63) is 59.0 Å². The van der Waals surface area contributed by atoms with Crippen LogP contribution < -0.4 is 4.90 Å². The second-order valence-electron chi connectivity index (χ2n) is 8.14. The average molecular weight is 431 g/mol. The Morgan fingerprint density at radius 1 is 1.03 bits per heavy atom. The molecular formula is C23H28ClFN4O. The van der Waals surface area contributed by atoms with Crippen LogP contribution in [0.4, 0.5) is 10.2 Å². The van der Waals surface area contributed by atoms with Crippen molar-refractivity contribution in [3.8, 4) is 0 Å². The molecule has 160 valence electrons. The van der Waals surface area contributed by atoms with Gasteiger partial charge in [-0.05, 0) is 37.5 Å². The first-order chi connectivity index (χ1) is 14.6. The van der Waals surface area contributed by atoms with E-state index in [0.717, 1.165) is 63.4 Å². The molecule has 1 amide bonds. The first kappa shape index (κ1) is 21.1. The van der Waals surface area contributed by atoms with Crippen molar-refractivity contribution >= 4 is 23.3 Å². The van der Waals surface area contributed by atoms with Crippen LogP contribution in [-0.2, 0) is 11.3 Å². The van der Waals surface area contributed by atoms with Crippen LogP contribution in [0.25, 0.3) is 0 Å². The molecule has 4 rings (SSSR count). The molecule has 2 fully saturated rings. The van der Waals surface area contributed by atoms with Gasteiger partial charge in [0.05, 0.1) is 5.02 Å². The third-order valence-electron chi connectivity index (χ3n) is 6.13. The molecule has 0 N–H and O–H groups in total. The summed E-state index contributed by atoms with van der Waals surface area (Å²) in [5.41, 5.74) is 0.723. The van der Waals surface area contributed by atoms with Crippen LogP contribution >= 0.6 is 11.6 Å². The van der Waals surface area contributed by atoms with Crippen LogP contribution in [0.2, 0.25) is 5.02 Å². The van der Waals surface area contributed by atoms with Crippen molar-refractivity contribution in [2.45, 2.75) is 25.8 Å². The first-order valence-electron chi connectivity index (χ1n) is 10.7. The predicted octanol–water partition coefficient (Wildman–Crippen LogP) is 3.83. The Hall–Kier alpha value is -2.18. The average Bonchev–Trinajstić information content (AvgIpc) is 3.01. The van der Waals surface area contributed by atoms with Gasteiger partial charge in [-0.1, -0.05) is 29.8 Å². The normalized spacial score (nSPS) is 19.0. The van der Waals surface area contributed by atoms with Crippen molar-refractivity contribution in [2.24, 2.45) is 5.92 Å². The minimum absolute atomic E-state index is 0.0756. The number of amides is 1. The van der Waals surface area contributed by atoms with Gasteiger partial charge in [0, 0.05) is 63.5 Å². The van der Waals surface area contributed by atoms with E-state index in [1.807, 2.05) is 29.2 Å². The zero-order chi connectivity index (χ0) is 20.9. The SMILES string of the molecule is O=C(C1CCN(c2ccc(Cl)cn2)CC1)N1CCCN(Cc2ccccc2F)CC1. The summed E-state index contributed by atoms with van der Waals surface area (Å²) in [5.74, 6) is 1.11. The molecule has 0 saturated carbocycles. The smallest absolute Gasteiger partial charge is 0.225 e. The number of pyridine rings is 1. The number of aromatic nitrogens is 1. The monoisotopic (exact) mass is 430 g/mol. The summed E-state index contributed by atoms with van der Waals surface area (Å²) in [6.45, 7) is 5.43. The van der Waals surface area contributed by atoms with Gasteiger partial charge in [-0.3, -0.25) is 9.69 Å². The molecule has 5 nitrogen and oxygen atoms in total. The first-order valence-corrected chi connectivity index (χ1v) is 11.1. The summed E-state index contributed by atoms with van der Waals surface area (Å²) in [5, 5.41) is 0.633. The summed E-state index contributed by atoms with van der Waals surface area (Å²) in [4.78, 5) is 24.0. The highest BCUT2D eigenvalue weighted by atomic mass is 35.5. The fraction of sp³-hybridized carbons (Fsp3) is 0.478. The lowest BCUT2D eigenvalue weighted by molar-refractivity contribution is -0.136. The molecule has 2 aliphatic heterocycles. The van der Waals surface area contributed by atoms with Crippen LogP contribution in [0.1, 0.15) is 24.8 Å². The third-order valence-corrected chi connectivity index (χ3v) is 6.36. The van der Waals surface area contributed by atoms with E-state index in [9.17, 15) is 9.18 Å². The zero-order valence-corrected chi connectivity index (χ0v) is 17.9. The number of nitrogens with zero attached hydrogens (tertiary/aromatic N) is 4. The van der Waals surface area contributed by atoms with Gasteiger partial charge < -0.3 is 9.80 Å². The van der Waals surface area contributed by atoms with Crippen LogP contribution in [0.15, 0.2) is 42.6 Å². The minimum Gasteiger partial charge on any atom is -0.357 e. The molecule has 2 saturated heterocycles. The molecular weight excluding hydrogens is 403 g/mol. The fourth-order valence-corrected chi connectivity index (χ4v) is 4.50. The number of piperidine rings is 1. The van der Waals surface area contributed by atoms with Gasteiger partial charge in [-0.2, -0.15) is 0 Å². The number of anilines is 1. The topological polar surface area (TPSA) is 39.7 Å². The van der Waals surface area contributed by atoms with Crippen molar-refractivity contribution in [3.63, 3.8) is 0 Å². The van der Waals surface area contributed by atoms with Gasteiger partial charge in [0.1, 0.15) is 11.6 Å². The number of hydrogen-bond acceptors (Lipinski definition) is 4. The Bertz CT molecular complexity index is 855. The van der Waals surface area contributed by atoms with Crippen molar-refractivity contribution < 1.29 is 9.18 Å². The molecule has 0 unspecified atom stereocenters. The maximum Gasteiger partial charge on any atom is 0.225 e. The Morgan fingerprint density at radius 3 is 2.57 bits per heavy atom. The number of rotatable bonds is 4. The zero-order valence-electron chi connectivity index (χ0n) is 17.1. The maximum atomic E-state index is 14.0. The van der Waals surface area contributed by atoms with E-state index in [-0.39, 0.29) is 17.6 Å². The molecule has 0 aliphatic carbocycles. The maximum absolute atomic E-state index is 14.0. The Labute approximate surface area is 182 Å². The van der Waals surface area contributed by atoms with E-state index in [1.54, 1.807) is 12.3 Å². The summed E-state index contributed by atoms with van der Waals surface area (Å²) in [6.07, 6.45) is 4.28. The number of benzene rings is 1. The number of hydrogen-bond donors (Lipinski definition) is 0. The number of halogens is 2. The summed E-state index contributed by atoms with van der Waals surface area (Å²) < 4.78 is 14.0. The largest absolute Gasteiger partial charge is 0.357 e. The van der Waals surface area contributed by atoms with Gasteiger partial charge in [0.2, 0.25) is 5.91 Å². The van der Waals surface area contributed by atoms with E-state index in [0.29, 0.717) is 18.1 Å². The summed E-state index contributed by atoms with van der Waals surface area (Å²) in [7, 11) is 0. The summed E-state index contributed by atoms with van der Waals surface area (Å²) in [6, 6.07) is 10.7. The lowest BCUT2D eigenvalue weighted by Gasteiger charge is -2.34. The number of carbonyl (C=O) groups excluding carboxylic acids is 1. The molecule has 0 spiro atoms. The highest BCUT2D eigenvalue weighted by Gasteiger charge is 2.30. The van der Waals surface area contributed by atoms with Gasteiger partial charge in [-0.25, -0.2) is 9.37 Å². The van der Waals surface area contributed by atoms with Crippen molar-refractivity contribution in [1.29, 1.82) is 0 Å². The second kappa shape index (κ2) is 9.75. The lowest BCUT2D eigenvalue weighted by atomic mass is 9.95. The van der Waals surface area contributed by atoms with Gasteiger partial charge in [0.15, 0.2) is 0 Å². The molecule has 2 aliphatic rings. The van der Waals surface area contributed by atoms with E-state index in [2.05, 4.69) is 14.8 Å². The van der Waals surface area contributed by atoms with Crippen molar-refractivity contribution in [2.75, 3.05) is 44.2 Å². The Morgan fingerprint density at radius 2 is 1.83 bits per heavy atom. The highest BCUT2D eigenvalue weighted by Crippen LogP contribution is 2.25. The predicted molar refractivity (Wildman–Crippen MR) is 117 cm³/mol. The molecule has 3 heterocycles.